The first-order valence-corrected chi connectivity index (χ1v) is 17.0. The SMILES string of the molecule is COC(=O)[C@@H]1COC(c2cc(C(=O)N[C@@H](Cc3ccccc3)[C@H](O)CNCc3cccc(OC)c3)cc(C(=O)N(C)Cc3nc(C)cs3)c2)=N1. The molecule has 0 bridgehead atoms. The number of aryl methyl sites for hydroxylation is 1. The number of aliphatic hydroxyl groups is 1. The molecule has 5 rings (SSSR count). The summed E-state index contributed by atoms with van der Waals surface area (Å²) in [6.45, 7) is 2.81. The van der Waals surface area contributed by atoms with Crippen LogP contribution < -0.4 is 15.4 Å². The van der Waals surface area contributed by atoms with E-state index >= 15 is 0 Å². The number of nitrogens with one attached hydrogen (secondary N) is 2. The number of carbonyl (C=O) groups excluding carboxylic acids is 3. The molecule has 0 saturated carbocycles. The molecule has 3 aromatic carbocycles. The minimum absolute atomic E-state index is 0.0287. The number of rotatable bonds is 15. The van der Waals surface area contributed by atoms with E-state index in [4.69, 9.17) is 14.2 Å². The number of amides is 2. The molecule has 1 aliphatic heterocycles. The lowest BCUT2D eigenvalue weighted by molar-refractivity contribution is -0.142. The van der Waals surface area contributed by atoms with Crippen molar-refractivity contribution in [2.45, 2.75) is 44.6 Å². The van der Waals surface area contributed by atoms with Crippen molar-refractivity contribution in [2.24, 2.45) is 4.99 Å². The molecule has 1 aromatic heterocycles. The van der Waals surface area contributed by atoms with Crippen LogP contribution in [0.5, 0.6) is 5.75 Å². The number of thiazole rings is 1. The number of carbonyl (C=O) groups is 3. The van der Waals surface area contributed by atoms with Gasteiger partial charge in [0.15, 0.2) is 6.04 Å². The molecule has 13 heteroatoms. The van der Waals surface area contributed by atoms with E-state index in [1.54, 1.807) is 26.3 Å². The second kappa shape index (κ2) is 17.0. The highest BCUT2D eigenvalue weighted by Gasteiger charge is 2.29. The van der Waals surface area contributed by atoms with Crippen molar-refractivity contribution in [3.05, 3.63) is 117 Å². The molecule has 0 radical (unpaired) electrons. The molecule has 2 heterocycles. The monoisotopic (exact) mass is 699 g/mol. The Morgan fingerprint density at radius 2 is 1.80 bits per heavy atom. The summed E-state index contributed by atoms with van der Waals surface area (Å²) >= 11 is 1.46. The number of hydrogen-bond donors (Lipinski definition) is 3. The normalized spacial score (nSPS) is 15.0. The minimum Gasteiger partial charge on any atom is -0.497 e. The lowest BCUT2D eigenvalue weighted by Gasteiger charge is -2.25. The Balaban J connectivity index is 1.40. The number of nitrogens with zero attached hydrogens (tertiary/aromatic N) is 3. The van der Waals surface area contributed by atoms with Gasteiger partial charge in [-0.15, -0.1) is 11.3 Å². The van der Waals surface area contributed by atoms with Gasteiger partial charge in [-0.1, -0.05) is 42.5 Å². The highest BCUT2D eigenvalue weighted by Crippen LogP contribution is 2.21. The van der Waals surface area contributed by atoms with E-state index in [9.17, 15) is 19.5 Å². The highest BCUT2D eigenvalue weighted by atomic mass is 32.1. The van der Waals surface area contributed by atoms with E-state index in [0.717, 1.165) is 27.6 Å². The smallest absolute Gasteiger partial charge is 0.334 e. The number of hydrogen-bond acceptors (Lipinski definition) is 11. The van der Waals surface area contributed by atoms with Gasteiger partial charge in [-0.05, 0) is 54.8 Å². The van der Waals surface area contributed by atoms with Gasteiger partial charge in [0.2, 0.25) is 5.90 Å². The van der Waals surface area contributed by atoms with Crippen LogP contribution in [0.4, 0.5) is 0 Å². The molecule has 0 aliphatic carbocycles. The third-order valence-electron chi connectivity index (χ3n) is 8.10. The van der Waals surface area contributed by atoms with Crippen LogP contribution in [-0.4, -0.2) is 91.3 Å². The second-order valence-corrected chi connectivity index (χ2v) is 12.9. The fraction of sp³-hybridized carbons (Fsp3) is 0.324. The zero-order chi connectivity index (χ0) is 35.6. The van der Waals surface area contributed by atoms with Gasteiger partial charge in [0.1, 0.15) is 17.4 Å². The van der Waals surface area contributed by atoms with Gasteiger partial charge < -0.3 is 34.9 Å². The molecular weight excluding hydrogens is 659 g/mol. The van der Waals surface area contributed by atoms with E-state index in [0.29, 0.717) is 18.5 Å². The maximum atomic E-state index is 14.0. The van der Waals surface area contributed by atoms with Crippen LogP contribution in [-0.2, 0) is 33.8 Å². The Morgan fingerprint density at radius 1 is 1.04 bits per heavy atom. The molecule has 3 atom stereocenters. The molecule has 0 saturated heterocycles. The number of methoxy groups -OCH3 is 2. The molecule has 12 nitrogen and oxygen atoms in total. The summed E-state index contributed by atoms with van der Waals surface area (Å²) in [5, 5.41) is 20.3. The Hall–Kier alpha value is -5.11. The summed E-state index contributed by atoms with van der Waals surface area (Å²) in [4.78, 5) is 50.2. The first kappa shape index (κ1) is 36.2. The second-order valence-electron chi connectivity index (χ2n) is 11.9. The molecular formula is C37H41N5O7S. The summed E-state index contributed by atoms with van der Waals surface area (Å²) in [6.07, 6.45) is -0.613. The molecule has 1 aliphatic rings. The van der Waals surface area contributed by atoms with Crippen LogP contribution in [0.15, 0.2) is 83.2 Å². The van der Waals surface area contributed by atoms with Gasteiger partial charge in [0.05, 0.1) is 32.9 Å². The summed E-state index contributed by atoms with van der Waals surface area (Å²) in [5.74, 6) is -0.556. The standard InChI is InChI=1S/C37H41N5O7S/c1-23-22-50-33(39-23)20-42(2)36(45)28-16-26(15-27(17-28)35-41-31(21-49-35)37(46)48-4)34(44)40-30(14-24-9-6-5-7-10-24)32(43)19-38-18-25-11-8-12-29(13-25)47-3/h5-13,15-17,22,30-32,38,43H,14,18-21H2,1-4H3,(H,40,44)/t30-,31-,32+/m0/s1. The quantitative estimate of drug-likeness (QED) is 0.158. The van der Waals surface area contributed by atoms with Crippen molar-refractivity contribution in [3.63, 3.8) is 0 Å². The van der Waals surface area contributed by atoms with Crippen molar-refractivity contribution in [2.75, 3.05) is 34.4 Å². The topological polar surface area (TPSA) is 152 Å². The Kier molecular flexibility index (Phi) is 12.3. The molecule has 262 valence electrons. The third kappa shape index (κ3) is 9.53. The van der Waals surface area contributed by atoms with Crippen LogP contribution in [0.3, 0.4) is 0 Å². The molecule has 50 heavy (non-hydrogen) atoms. The Labute approximate surface area is 295 Å². The molecule has 0 unspecified atom stereocenters. The van der Waals surface area contributed by atoms with Crippen molar-refractivity contribution in [1.82, 2.24) is 20.5 Å². The Bertz CT molecular complexity index is 1830. The lowest BCUT2D eigenvalue weighted by Crippen LogP contribution is -2.48. The maximum Gasteiger partial charge on any atom is 0.334 e. The van der Waals surface area contributed by atoms with Crippen molar-refractivity contribution >= 4 is 35.0 Å². The van der Waals surface area contributed by atoms with Gasteiger partial charge in [0, 0.05) is 47.9 Å². The van der Waals surface area contributed by atoms with E-state index in [1.807, 2.05) is 66.9 Å². The number of aliphatic hydroxyl groups excluding tert-OH is 1. The van der Waals surface area contributed by atoms with Crippen LogP contribution in [0.1, 0.15) is 48.1 Å². The van der Waals surface area contributed by atoms with Gasteiger partial charge in [-0.3, -0.25) is 9.59 Å². The zero-order valence-corrected chi connectivity index (χ0v) is 29.2. The molecule has 2 amide bonds. The Morgan fingerprint density at radius 3 is 2.52 bits per heavy atom. The summed E-state index contributed by atoms with van der Waals surface area (Å²) in [7, 11) is 4.54. The largest absolute Gasteiger partial charge is 0.497 e. The van der Waals surface area contributed by atoms with E-state index < -0.39 is 30.1 Å². The molecule has 0 fully saturated rings. The molecule has 0 spiro atoms. The highest BCUT2D eigenvalue weighted by molar-refractivity contribution is 7.09. The van der Waals surface area contributed by atoms with Gasteiger partial charge in [0.25, 0.3) is 11.8 Å². The van der Waals surface area contributed by atoms with Gasteiger partial charge >= 0.3 is 5.97 Å². The van der Waals surface area contributed by atoms with Crippen molar-refractivity contribution in [3.8, 4) is 5.75 Å². The number of ether oxygens (including phenoxy) is 3. The summed E-state index contributed by atoms with van der Waals surface area (Å²) in [6, 6.07) is 20.3. The molecule has 3 N–H and O–H groups in total. The average Bonchev–Trinajstić information content (AvgIpc) is 3.80. The van der Waals surface area contributed by atoms with Crippen LogP contribution in [0, 0.1) is 6.92 Å². The third-order valence-corrected chi connectivity index (χ3v) is 9.05. The zero-order valence-electron chi connectivity index (χ0n) is 28.4. The lowest BCUT2D eigenvalue weighted by atomic mass is 9.99. The first-order valence-electron chi connectivity index (χ1n) is 16.1. The van der Waals surface area contributed by atoms with Crippen LogP contribution >= 0.6 is 11.3 Å². The van der Waals surface area contributed by atoms with Crippen LogP contribution in [0.2, 0.25) is 0 Å². The van der Waals surface area contributed by atoms with Gasteiger partial charge in [-0.25, -0.2) is 14.8 Å². The van der Waals surface area contributed by atoms with E-state index in [-0.39, 0.29) is 42.6 Å². The first-order chi connectivity index (χ1) is 24.1. The number of esters is 1. The fourth-order valence-electron chi connectivity index (χ4n) is 5.46. The number of aliphatic imine (C=N–C) groups is 1. The summed E-state index contributed by atoms with van der Waals surface area (Å²) in [5.41, 5.74) is 3.51. The van der Waals surface area contributed by atoms with E-state index in [1.165, 1.54) is 29.4 Å². The maximum absolute atomic E-state index is 14.0. The number of benzene rings is 3. The van der Waals surface area contributed by atoms with Crippen molar-refractivity contribution in [1.29, 1.82) is 0 Å². The predicted molar refractivity (Wildman–Crippen MR) is 189 cm³/mol. The minimum atomic E-state index is -0.967. The van der Waals surface area contributed by atoms with Crippen LogP contribution in [0.25, 0.3) is 0 Å². The molecule has 4 aromatic rings. The van der Waals surface area contributed by atoms with Crippen molar-refractivity contribution < 1.29 is 33.7 Å². The number of aromatic nitrogens is 1. The predicted octanol–water partition coefficient (Wildman–Crippen LogP) is 3.54. The van der Waals surface area contributed by atoms with Gasteiger partial charge in [-0.2, -0.15) is 0 Å². The summed E-state index contributed by atoms with van der Waals surface area (Å²) < 4.78 is 15.9. The fourth-order valence-corrected chi connectivity index (χ4v) is 6.28. The average molecular weight is 700 g/mol. The van der Waals surface area contributed by atoms with E-state index in [2.05, 4.69) is 20.6 Å².